The number of rotatable bonds is 21. The molecular formula is C22H46O4. The first-order valence-electron chi connectivity index (χ1n) is 11.3. The monoisotopic (exact) mass is 374 g/mol. The zero-order valence-corrected chi connectivity index (χ0v) is 17.9. The SMILES string of the molecule is CCCCC(CCCC)(CCCC)CCCCCCCCCOOOO. The Morgan fingerprint density at radius 1 is 0.577 bits per heavy atom. The van der Waals surface area contributed by atoms with Gasteiger partial charge in [0.15, 0.2) is 0 Å². The molecule has 0 aliphatic carbocycles. The lowest BCUT2D eigenvalue weighted by molar-refractivity contribution is -0.623. The van der Waals surface area contributed by atoms with Crippen LogP contribution in [0.25, 0.3) is 0 Å². The molecule has 0 atom stereocenters. The summed E-state index contributed by atoms with van der Waals surface area (Å²) in [6.45, 7) is 7.46. The van der Waals surface area contributed by atoms with Crippen LogP contribution in [0.15, 0.2) is 0 Å². The predicted octanol–water partition coefficient (Wildman–Crippen LogP) is 8.02. The predicted molar refractivity (Wildman–Crippen MR) is 109 cm³/mol. The highest BCUT2D eigenvalue weighted by Gasteiger charge is 2.27. The fraction of sp³-hybridized carbons (Fsp3) is 1.00. The molecule has 0 aromatic rings. The Bertz CT molecular complexity index is 249. The largest absolute Gasteiger partial charge is 0.219 e. The van der Waals surface area contributed by atoms with Crippen molar-refractivity contribution in [2.24, 2.45) is 5.41 Å². The van der Waals surface area contributed by atoms with Crippen LogP contribution in [-0.4, -0.2) is 11.9 Å². The third-order valence-electron chi connectivity index (χ3n) is 5.70. The minimum Gasteiger partial charge on any atom is -0.219 e. The Morgan fingerprint density at radius 3 is 1.46 bits per heavy atom. The molecular weight excluding hydrogens is 328 g/mol. The maximum Gasteiger partial charge on any atom is 0.0854 e. The van der Waals surface area contributed by atoms with Crippen molar-refractivity contribution in [1.29, 1.82) is 0 Å². The highest BCUT2D eigenvalue weighted by Crippen LogP contribution is 2.41. The van der Waals surface area contributed by atoms with Crippen LogP contribution in [0.3, 0.4) is 0 Å². The normalized spacial score (nSPS) is 12.0. The van der Waals surface area contributed by atoms with Gasteiger partial charge in [0.05, 0.1) is 6.61 Å². The average Bonchev–Trinajstić information content (AvgIpc) is 2.66. The standard InChI is InChI=1S/C22H46O4/c1-4-7-17-22(18-8-5-2,19-9-6-3)20-15-13-11-10-12-14-16-21-24-26-25-23/h23H,4-21H2,1-3H3. The minimum absolute atomic E-state index is 0.468. The van der Waals surface area contributed by atoms with E-state index in [4.69, 9.17) is 5.26 Å². The molecule has 4 nitrogen and oxygen atoms in total. The van der Waals surface area contributed by atoms with Gasteiger partial charge in [-0.05, 0) is 47.6 Å². The number of unbranched alkanes of at least 4 members (excludes halogenated alkanes) is 9. The molecule has 0 saturated carbocycles. The zero-order chi connectivity index (χ0) is 19.3. The fourth-order valence-corrected chi connectivity index (χ4v) is 4.01. The topological polar surface area (TPSA) is 47.9 Å². The first-order valence-corrected chi connectivity index (χ1v) is 11.3. The van der Waals surface area contributed by atoms with Crippen molar-refractivity contribution in [1.82, 2.24) is 0 Å². The third kappa shape index (κ3) is 15.0. The maximum atomic E-state index is 7.94. The molecule has 0 aromatic carbocycles. The van der Waals surface area contributed by atoms with Gasteiger partial charge in [-0.25, -0.2) is 10.1 Å². The van der Waals surface area contributed by atoms with Crippen molar-refractivity contribution < 1.29 is 20.2 Å². The van der Waals surface area contributed by atoms with Crippen molar-refractivity contribution in [3.8, 4) is 0 Å². The highest BCUT2D eigenvalue weighted by molar-refractivity contribution is 4.79. The van der Waals surface area contributed by atoms with E-state index in [2.05, 4.69) is 35.7 Å². The quantitative estimate of drug-likeness (QED) is 0.125. The Balaban J connectivity index is 3.95. The summed E-state index contributed by atoms with van der Waals surface area (Å²) < 4.78 is 0. The van der Waals surface area contributed by atoms with E-state index in [-0.39, 0.29) is 0 Å². The molecule has 0 rings (SSSR count). The second kappa shape index (κ2) is 19.6. The van der Waals surface area contributed by atoms with Gasteiger partial charge in [0, 0.05) is 0 Å². The van der Waals surface area contributed by atoms with Gasteiger partial charge in [-0.3, -0.25) is 0 Å². The van der Waals surface area contributed by atoms with Crippen molar-refractivity contribution >= 4 is 0 Å². The van der Waals surface area contributed by atoms with Crippen LogP contribution in [0.2, 0.25) is 0 Å². The Labute approximate surface area is 162 Å². The first-order chi connectivity index (χ1) is 12.7. The fourth-order valence-electron chi connectivity index (χ4n) is 4.01. The van der Waals surface area contributed by atoms with Crippen LogP contribution in [0.5, 0.6) is 0 Å². The van der Waals surface area contributed by atoms with Crippen LogP contribution in [0.4, 0.5) is 0 Å². The van der Waals surface area contributed by atoms with Gasteiger partial charge >= 0.3 is 0 Å². The van der Waals surface area contributed by atoms with Crippen molar-refractivity contribution in [3.63, 3.8) is 0 Å². The molecule has 0 aromatic heterocycles. The molecule has 1 N–H and O–H groups in total. The summed E-state index contributed by atoms with van der Waals surface area (Å²) >= 11 is 0. The molecule has 0 radical (unpaired) electrons. The first kappa shape index (κ1) is 25.8. The average molecular weight is 375 g/mol. The summed E-state index contributed by atoms with van der Waals surface area (Å²) in [5.74, 6) is 0. The molecule has 0 bridgehead atoms. The Hall–Kier alpha value is -0.160. The molecule has 0 unspecified atom stereocenters. The second-order valence-electron chi connectivity index (χ2n) is 8.00. The molecule has 0 fully saturated rings. The Kier molecular flexibility index (Phi) is 19.5. The van der Waals surface area contributed by atoms with Crippen LogP contribution >= 0.6 is 0 Å². The summed E-state index contributed by atoms with van der Waals surface area (Å²) in [7, 11) is 0. The van der Waals surface area contributed by atoms with Crippen molar-refractivity contribution in [2.75, 3.05) is 6.61 Å². The molecule has 0 aliphatic rings. The lowest BCUT2D eigenvalue weighted by Gasteiger charge is -2.35. The van der Waals surface area contributed by atoms with Gasteiger partial charge in [-0.1, -0.05) is 97.8 Å². The molecule has 0 saturated heterocycles. The maximum absolute atomic E-state index is 7.94. The minimum atomic E-state index is 0.468. The molecule has 0 spiro atoms. The number of hydrogen-bond acceptors (Lipinski definition) is 4. The van der Waals surface area contributed by atoms with Crippen LogP contribution in [0, 0.1) is 5.41 Å². The van der Waals surface area contributed by atoms with Gasteiger partial charge in [-0.2, -0.15) is 0 Å². The summed E-state index contributed by atoms with van der Waals surface area (Å²) in [5, 5.41) is 15.3. The van der Waals surface area contributed by atoms with E-state index in [1.165, 1.54) is 96.3 Å². The summed E-state index contributed by atoms with van der Waals surface area (Å²) in [4.78, 5) is 4.59. The second-order valence-corrected chi connectivity index (χ2v) is 8.00. The molecule has 158 valence electrons. The third-order valence-corrected chi connectivity index (χ3v) is 5.70. The van der Waals surface area contributed by atoms with Gasteiger partial charge in [0.1, 0.15) is 0 Å². The van der Waals surface area contributed by atoms with Gasteiger partial charge < -0.3 is 0 Å². The summed E-state index contributed by atoms with van der Waals surface area (Å²) in [5.41, 5.74) is 0.633. The smallest absolute Gasteiger partial charge is 0.0854 e. The van der Waals surface area contributed by atoms with Crippen LogP contribution in [0.1, 0.15) is 130 Å². The van der Waals surface area contributed by atoms with Gasteiger partial charge in [0.2, 0.25) is 0 Å². The lowest BCUT2D eigenvalue weighted by atomic mass is 9.71. The molecule has 26 heavy (non-hydrogen) atoms. The van der Waals surface area contributed by atoms with E-state index in [1.54, 1.807) is 0 Å². The number of hydrogen-bond donors (Lipinski definition) is 1. The molecule has 0 amide bonds. The van der Waals surface area contributed by atoms with Gasteiger partial charge in [0.25, 0.3) is 0 Å². The van der Waals surface area contributed by atoms with E-state index in [1.807, 2.05) is 0 Å². The van der Waals surface area contributed by atoms with Crippen LogP contribution < -0.4 is 0 Å². The van der Waals surface area contributed by atoms with E-state index in [9.17, 15) is 0 Å². The van der Waals surface area contributed by atoms with E-state index in [0.717, 1.165) is 12.8 Å². The van der Waals surface area contributed by atoms with E-state index in [0.29, 0.717) is 12.0 Å². The van der Waals surface area contributed by atoms with Crippen molar-refractivity contribution in [2.45, 2.75) is 130 Å². The lowest BCUT2D eigenvalue weighted by Crippen LogP contribution is -2.21. The molecule has 4 heteroatoms. The van der Waals surface area contributed by atoms with E-state index < -0.39 is 0 Å². The Morgan fingerprint density at radius 2 is 1.00 bits per heavy atom. The molecule has 0 aliphatic heterocycles. The van der Waals surface area contributed by atoms with E-state index >= 15 is 0 Å². The zero-order valence-electron chi connectivity index (χ0n) is 17.9. The highest BCUT2D eigenvalue weighted by atomic mass is 17.6. The molecule has 0 heterocycles. The summed E-state index contributed by atoms with van der Waals surface area (Å²) in [6.07, 6.45) is 22.8. The summed E-state index contributed by atoms with van der Waals surface area (Å²) in [6, 6.07) is 0. The van der Waals surface area contributed by atoms with Crippen molar-refractivity contribution in [3.05, 3.63) is 0 Å². The van der Waals surface area contributed by atoms with Gasteiger partial charge in [-0.15, -0.1) is 0 Å². The van der Waals surface area contributed by atoms with Crippen LogP contribution in [-0.2, 0) is 15.0 Å².